The Bertz CT molecular complexity index is 486. The van der Waals surface area contributed by atoms with Crippen LogP contribution in [0.25, 0.3) is 0 Å². The maximum Gasteiger partial charge on any atom is 0.472 e. The molecule has 1 N–H and O–H groups in total. The van der Waals surface area contributed by atoms with Gasteiger partial charge < -0.3 is 18.9 Å². The fourth-order valence-corrected chi connectivity index (χ4v) is 4.48. The molecule has 0 fully saturated rings. The van der Waals surface area contributed by atoms with Crippen molar-refractivity contribution in [3.8, 4) is 0 Å². The fraction of sp³-hybridized carbons (Fsp3) is 1.00. The van der Waals surface area contributed by atoms with Crippen molar-refractivity contribution in [3.63, 3.8) is 0 Å². The zero-order valence-electron chi connectivity index (χ0n) is 23.1. The van der Waals surface area contributed by atoms with Gasteiger partial charge in [-0.1, -0.05) is 90.4 Å². The van der Waals surface area contributed by atoms with E-state index in [1.165, 1.54) is 83.5 Å². The number of ether oxygens (including phenoxy) is 2. The topological polar surface area (TPSA) is 74.2 Å². The van der Waals surface area contributed by atoms with Gasteiger partial charge in [-0.25, -0.2) is 4.57 Å². The lowest BCUT2D eigenvalue weighted by atomic mass is 10.0. The summed E-state index contributed by atoms with van der Waals surface area (Å²) in [6.07, 6.45) is 18.7. The molecule has 8 heteroatoms. The number of rotatable bonds is 26. The first kappa shape index (κ1) is 34.0. The van der Waals surface area contributed by atoms with Crippen molar-refractivity contribution in [2.45, 2.75) is 96.8 Å². The second-order valence-corrected chi connectivity index (χ2v) is 12.1. The van der Waals surface area contributed by atoms with Crippen LogP contribution in [0.2, 0.25) is 0 Å². The molecular weight excluding hydrogens is 453 g/mol. The van der Waals surface area contributed by atoms with E-state index in [0.717, 1.165) is 6.42 Å². The van der Waals surface area contributed by atoms with Crippen molar-refractivity contribution in [3.05, 3.63) is 0 Å². The average Bonchev–Trinajstić information content (AvgIpc) is 2.76. The van der Waals surface area contributed by atoms with Crippen LogP contribution in [0.1, 0.15) is 96.8 Å². The van der Waals surface area contributed by atoms with Crippen molar-refractivity contribution in [2.75, 3.05) is 67.8 Å². The zero-order chi connectivity index (χ0) is 25.5. The lowest BCUT2D eigenvalue weighted by Gasteiger charge is -2.24. The maximum atomic E-state index is 12.1. The number of likely N-dealkylation sites (N-methyl/N-ethyl adjacent to an activating group) is 1. The van der Waals surface area contributed by atoms with E-state index in [1.54, 1.807) is 7.11 Å². The molecule has 0 aromatic heterocycles. The minimum Gasteiger partial charge on any atom is -0.384 e. The van der Waals surface area contributed by atoms with E-state index >= 15 is 0 Å². The summed E-state index contributed by atoms with van der Waals surface area (Å²) < 4.78 is 33.9. The second-order valence-electron chi connectivity index (χ2n) is 10.6. The molecule has 0 aliphatic carbocycles. The molecule has 0 aromatic carbocycles. The lowest BCUT2D eigenvalue weighted by Crippen LogP contribution is -2.37. The Morgan fingerprint density at radius 2 is 1.21 bits per heavy atom. The number of quaternary nitrogens is 1. The zero-order valence-corrected chi connectivity index (χ0v) is 24.0. The number of hydrogen-bond acceptors (Lipinski definition) is 5. The SMILES string of the molecule is CCCCCCCCCCCCCCCCOC[C@@H](COC)COP(=O)(O)OCC[N+](C)(C)C. The van der Waals surface area contributed by atoms with E-state index in [2.05, 4.69) is 6.92 Å². The normalized spacial score (nSPS) is 14.9. The molecule has 0 amide bonds. The summed E-state index contributed by atoms with van der Waals surface area (Å²) in [6, 6.07) is 0. The molecule has 0 rings (SSSR count). The van der Waals surface area contributed by atoms with Gasteiger partial charge in [-0.15, -0.1) is 0 Å². The molecule has 7 nitrogen and oxygen atoms in total. The Hall–Kier alpha value is -0.0100. The van der Waals surface area contributed by atoms with Gasteiger partial charge in [0.1, 0.15) is 13.2 Å². The van der Waals surface area contributed by atoms with E-state index in [9.17, 15) is 9.46 Å². The van der Waals surface area contributed by atoms with Gasteiger partial charge in [-0.3, -0.25) is 9.05 Å². The van der Waals surface area contributed by atoms with Crippen molar-refractivity contribution in [2.24, 2.45) is 5.92 Å². The molecule has 0 bridgehead atoms. The van der Waals surface area contributed by atoms with Crippen LogP contribution in [0, 0.1) is 5.92 Å². The number of hydrogen-bond donors (Lipinski definition) is 1. The van der Waals surface area contributed by atoms with E-state index < -0.39 is 7.82 Å². The molecule has 34 heavy (non-hydrogen) atoms. The number of unbranched alkanes of at least 4 members (excludes halogenated alkanes) is 13. The van der Waals surface area contributed by atoms with Gasteiger partial charge >= 0.3 is 7.82 Å². The largest absolute Gasteiger partial charge is 0.472 e. The predicted octanol–water partition coefficient (Wildman–Crippen LogP) is 6.59. The molecule has 0 aliphatic rings. The van der Waals surface area contributed by atoms with Crippen LogP contribution in [-0.2, 0) is 23.1 Å². The Balaban J connectivity index is 3.65. The third-order valence-electron chi connectivity index (χ3n) is 5.89. The first-order valence-corrected chi connectivity index (χ1v) is 15.2. The molecule has 0 aromatic rings. The van der Waals surface area contributed by atoms with Crippen molar-refractivity contribution >= 4 is 7.82 Å². The van der Waals surface area contributed by atoms with Gasteiger partial charge in [-0.05, 0) is 6.42 Å². The molecule has 2 atom stereocenters. The number of methoxy groups -OCH3 is 1. The summed E-state index contributed by atoms with van der Waals surface area (Å²) in [5, 5.41) is 0. The standard InChI is InChI=1S/C26H56NO6P/c1-6-7-8-9-10-11-12-13-14-15-16-17-18-19-21-31-24-26(23-30-5)25-33-34(28,29)32-22-20-27(2,3)4/h26H,6-25H2,1-5H3/p+1/t26-/m1/s1. The van der Waals surface area contributed by atoms with Crippen LogP contribution >= 0.6 is 7.82 Å². The number of phosphoric ester groups is 1. The van der Waals surface area contributed by atoms with Gasteiger partial charge in [-0.2, -0.15) is 0 Å². The van der Waals surface area contributed by atoms with Crippen molar-refractivity contribution in [1.82, 2.24) is 0 Å². The minimum absolute atomic E-state index is 0.0741. The van der Waals surface area contributed by atoms with Gasteiger partial charge in [0.25, 0.3) is 0 Å². The van der Waals surface area contributed by atoms with E-state index in [4.69, 9.17) is 18.5 Å². The number of phosphoric acid groups is 1. The van der Waals surface area contributed by atoms with Gasteiger partial charge in [0, 0.05) is 19.6 Å². The molecule has 206 valence electrons. The Morgan fingerprint density at radius 3 is 1.68 bits per heavy atom. The Kier molecular flexibility index (Phi) is 22.2. The summed E-state index contributed by atoms with van der Waals surface area (Å²) in [4.78, 5) is 9.86. The first-order valence-electron chi connectivity index (χ1n) is 13.7. The summed E-state index contributed by atoms with van der Waals surface area (Å²) in [5.41, 5.74) is 0. The molecule has 0 aliphatic heterocycles. The van der Waals surface area contributed by atoms with Crippen LogP contribution in [-0.4, -0.2) is 77.2 Å². The number of nitrogens with zero attached hydrogens (tertiary/aromatic N) is 1. The lowest BCUT2D eigenvalue weighted by molar-refractivity contribution is -0.870. The quantitative estimate of drug-likeness (QED) is 0.0804. The molecule has 0 radical (unpaired) electrons. The van der Waals surface area contributed by atoms with Gasteiger partial charge in [0.2, 0.25) is 0 Å². The predicted molar refractivity (Wildman–Crippen MR) is 141 cm³/mol. The fourth-order valence-electron chi connectivity index (χ4n) is 3.70. The summed E-state index contributed by atoms with van der Waals surface area (Å²) in [6.45, 7) is 4.70. The third-order valence-corrected chi connectivity index (χ3v) is 6.87. The molecule has 0 saturated carbocycles. The summed E-state index contributed by atoms with van der Waals surface area (Å²) in [5.74, 6) is -0.0980. The Morgan fingerprint density at radius 1 is 0.706 bits per heavy atom. The molecule has 0 saturated heterocycles. The average molecular weight is 511 g/mol. The molecule has 1 unspecified atom stereocenters. The van der Waals surface area contributed by atoms with Crippen LogP contribution in [0.15, 0.2) is 0 Å². The first-order chi connectivity index (χ1) is 16.2. The monoisotopic (exact) mass is 510 g/mol. The van der Waals surface area contributed by atoms with Crippen LogP contribution in [0.3, 0.4) is 0 Å². The van der Waals surface area contributed by atoms with Crippen LogP contribution in [0.5, 0.6) is 0 Å². The Labute approximate surface area is 211 Å². The molecule has 0 heterocycles. The third kappa shape index (κ3) is 25.1. The van der Waals surface area contributed by atoms with Crippen LogP contribution in [0.4, 0.5) is 0 Å². The second kappa shape index (κ2) is 22.2. The summed E-state index contributed by atoms with van der Waals surface area (Å²) in [7, 11) is 3.54. The smallest absolute Gasteiger partial charge is 0.384 e. The highest BCUT2D eigenvalue weighted by molar-refractivity contribution is 7.47. The van der Waals surface area contributed by atoms with E-state index in [1.807, 2.05) is 21.1 Å². The summed E-state index contributed by atoms with van der Waals surface area (Å²) >= 11 is 0. The van der Waals surface area contributed by atoms with E-state index in [0.29, 0.717) is 30.8 Å². The van der Waals surface area contributed by atoms with Crippen molar-refractivity contribution in [1.29, 1.82) is 0 Å². The van der Waals surface area contributed by atoms with Gasteiger partial charge in [0.05, 0.1) is 41.0 Å². The van der Waals surface area contributed by atoms with E-state index in [-0.39, 0.29) is 19.1 Å². The highest BCUT2D eigenvalue weighted by Crippen LogP contribution is 2.43. The molecular formula is C26H57NO6P+. The van der Waals surface area contributed by atoms with Gasteiger partial charge in [0.15, 0.2) is 0 Å². The van der Waals surface area contributed by atoms with Crippen LogP contribution < -0.4 is 0 Å². The molecule has 0 spiro atoms. The minimum atomic E-state index is -4.05. The van der Waals surface area contributed by atoms with Crippen molar-refractivity contribution < 1.29 is 32.5 Å². The highest BCUT2D eigenvalue weighted by atomic mass is 31.2. The highest BCUT2D eigenvalue weighted by Gasteiger charge is 2.24. The maximum absolute atomic E-state index is 12.1.